The summed E-state index contributed by atoms with van der Waals surface area (Å²) in [6.07, 6.45) is 1.71. The van der Waals surface area contributed by atoms with Crippen LogP contribution in [0.2, 0.25) is 0 Å². The maximum atomic E-state index is 13.1. The molecular formula is C25H24N6O4. The molecule has 1 aliphatic heterocycles. The van der Waals surface area contributed by atoms with Crippen molar-refractivity contribution in [1.29, 1.82) is 0 Å². The number of methoxy groups -OCH3 is 1. The Morgan fingerprint density at radius 1 is 1.03 bits per heavy atom. The second kappa shape index (κ2) is 9.41. The number of rotatable bonds is 5. The maximum absolute atomic E-state index is 13.1. The molecule has 1 aliphatic rings. The fraction of sp³-hybridized carbons (Fsp3) is 0.240. The first-order valence-electron chi connectivity index (χ1n) is 11.2. The third kappa shape index (κ3) is 4.63. The summed E-state index contributed by atoms with van der Waals surface area (Å²) in [5.74, 6) is 2.83. The van der Waals surface area contributed by atoms with Crippen LogP contribution in [0.5, 0.6) is 5.75 Å². The van der Waals surface area contributed by atoms with Crippen LogP contribution in [0.15, 0.2) is 63.9 Å². The molecule has 4 heterocycles. The summed E-state index contributed by atoms with van der Waals surface area (Å²) in [4.78, 5) is 42.8. The molecule has 0 unspecified atom stereocenters. The lowest BCUT2D eigenvalue weighted by Crippen LogP contribution is -2.49. The summed E-state index contributed by atoms with van der Waals surface area (Å²) in [5.41, 5.74) is -0.333. The van der Waals surface area contributed by atoms with E-state index in [1.807, 2.05) is 31.2 Å². The van der Waals surface area contributed by atoms with Crippen molar-refractivity contribution in [2.45, 2.75) is 6.92 Å². The van der Waals surface area contributed by atoms with E-state index in [4.69, 9.17) is 9.15 Å². The van der Waals surface area contributed by atoms with Crippen LogP contribution >= 0.6 is 0 Å². The van der Waals surface area contributed by atoms with Crippen molar-refractivity contribution in [1.82, 2.24) is 19.9 Å². The van der Waals surface area contributed by atoms with Gasteiger partial charge in [-0.05, 0) is 31.2 Å². The molecule has 0 atom stereocenters. The highest BCUT2D eigenvalue weighted by atomic mass is 16.5. The van der Waals surface area contributed by atoms with Crippen LogP contribution < -0.4 is 20.6 Å². The second-order valence-corrected chi connectivity index (χ2v) is 8.10. The molecule has 5 rings (SSSR count). The van der Waals surface area contributed by atoms with Crippen molar-refractivity contribution in [3.63, 3.8) is 0 Å². The summed E-state index contributed by atoms with van der Waals surface area (Å²) in [6, 6.07) is 14.3. The zero-order chi connectivity index (χ0) is 24.4. The van der Waals surface area contributed by atoms with Gasteiger partial charge in [-0.2, -0.15) is 0 Å². The molecule has 10 heteroatoms. The van der Waals surface area contributed by atoms with E-state index in [0.29, 0.717) is 60.4 Å². The Bertz CT molecular complexity index is 1430. The Morgan fingerprint density at radius 2 is 1.86 bits per heavy atom. The Kier molecular flexibility index (Phi) is 6.01. The van der Waals surface area contributed by atoms with Crippen molar-refractivity contribution < 1.29 is 13.9 Å². The van der Waals surface area contributed by atoms with Crippen molar-refractivity contribution in [2.24, 2.45) is 0 Å². The van der Waals surface area contributed by atoms with Gasteiger partial charge < -0.3 is 24.3 Å². The van der Waals surface area contributed by atoms with Crippen LogP contribution in [-0.4, -0.2) is 59.0 Å². The predicted molar refractivity (Wildman–Crippen MR) is 131 cm³/mol. The summed E-state index contributed by atoms with van der Waals surface area (Å²) < 4.78 is 10.7. The normalized spacial score (nSPS) is 13.7. The molecule has 4 aromatic rings. The number of amides is 1. The van der Waals surface area contributed by atoms with E-state index in [1.54, 1.807) is 35.4 Å². The number of pyridine rings is 1. The van der Waals surface area contributed by atoms with E-state index in [1.165, 1.54) is 7.11 Å². The molecule has 0 saturated carbocycles. The molecule has 0 aliphatic carbocycles. The quantitative estimate of drug-likeness (QED) is 0.438. The molecule has 0 spiro atoms. The van der Waals surface area contributed by atoms with Crippen LogP contribution in [0.1, 0.15) is 16.2 Å². The smallest absolute Gasteiger partial charge is 0.349 e. The number of nitrogens with zero attached hydrogens (tertiary/aromatic N) is 5. The molecule has 10 nitrogen and oxygen atoms in total. The van der Waals surface area contributed by atoms with Crippen LogP contribution in [-0.2, 0) is 0 Å². The Morgan fingerprint density at radius 3 is 2.60 bits per heavy atom. The lowest BCUT2D eigenvalue weighted by Gasteiger charge is -2.35. The summed E-state index contributed by atoms with van der Waals surface area (Å²) >= 11 is 0. The summed E-state index contributed by atoms with van der Waals surface area (Å²) in [7, 11) is 1.50. The minimum absolute atomic E-state index is 0.0129. The predicted octanol–water partition coefficient (Wildman–Crippen LogP) is 3.00. The number of para-hydroxylation sites is 1. The van der Waals surface area contributed by atoms with Crippen molar-refractivity contribution in [3.8, 4) is 5.75 Å². The average molecular weight is 473 g/mol. The number of piperazine rings is 1. The highest BCUT2D eigenvalue weighted by Crippen LogP contribution is 2.25. The number of hydrogen-bond acceptors (Lipinski definition) is 9. The lowest BCUT2D eigenvalue weighted by atomic mass is 10.1. The standard InChI is InChI=1S/C25H24N6O4/c1-16-27-21(29-20-8-3-4-9-26-20)15-22(28-16)30-10-12-31(13-11-30)24(32)18-14-17-6-5-7-19(34-2)23(17)35-25(18)33/h3-9,14-15H,10-13H2,1-2H3,(H,26,27,28,29). The second-order valence-electron chi connectivity index (χ2n) is 8.10. The number of anilines is 3. The first-order valence-corrected chi connectivity index (χ1v) is 11.2. The summed E-state index contributed by atoms with van der Waals surface area (Å²) in [5, 5.41) is 3.83. The number of aromatic nitrogens is 3. The molecule has 1 saturated heterocycles. The van der Waals surface area contributed by atoms with E-state index in [2.05, 4.69) is 25.2 Å². The van der Waals surface area contributed by atoms with Gasteiger partial charge in [0.15, 0.2) is 11.3 Å². The number of fused-ring (bicyclic) bond motifs is 1. The summed E-state index contributed by atoms with van der Waals surface area (Å²) in [6.45, 7) is 3.86. The van der Waals surface area contributed by atoms with Gasteiger partial charge in [-0.25, -0.2) is 19.7 Å². The van der Waals surface area contributed by atoms with Crippen molar-refractivity contribution in [2.75, 3.05) is 43.5 Å². The van der Waals surface area contributed by atoms with E-state index < -0.39 is 5.63 Å². The first-order chi connectivity index (χ1) is 17.0. The number of nitrogens with one attached hydrogen (secondary N) is 1. The van der Waals surface area contributed by atoms with Crippen LogP contribution in [0.4, 0.5) is 17.5 Å². The minimum atomic E-state index is -0.675. The van der Waals surface area contributed by atoms with Crippen LogP contribution in [0, 0.1) is 6.92 Å². The fourth-order valence-electron chi connectivity index (χ4n) is 4.08. The van der Waals surface area contributed by atoms with E-state index >= 15 is 0 Å². The van der Waals surface area contributed by atoms with E-state index in [0.717, 1.165) is 5.82 Å². The van der Waals surface area contributed by atoms with Gasteiger partial charge in [0.05, 0.1) is 7.11 Å². The Hall–Kier alpha value is -4.47. The SMILES string of the molecule is COc1cccc2cc(C(=O)N3CCN(c4cc(Nc5ccccn5)nc(C)n4)CC3)c(=O)oc12. The monoisotopic (exact) mass is 472 g/mol. The molecule has 0 radical (unpaired) electrons. The lowest BCUT2D eigenvalue weighted by molar-refractivity contribution is 0.0742. The molecule has 35 heavy (non-hydrogen) atoms. The number of carbonyl (C=O) groups is 1. The maximum Gasteiger partial charge on any atom is 0.349 e. The van der Waals surface area contributed by atoms with Gasteiger partial charge in [-0.15, -0.1) is 0 Å². The number of benzene rings is 1. The molecule has 1 N–H and O–H groups in total. The van der Waals surface area contributed by atoms with Gasteiger partial charge in [-0.3, -0.25) is 4.79 Å². The largest absolute Gasteiger partial charge is 0.493 e. The minimum Gasteiger partial charge on any atom is -0.493 e. The van der Waals surface area contributed by atoms with Gasteiger partial charge in [-0.1, -0.05) is 18.2 Å². The zero-order valence-corrected chi connectivity index (χ0v) is 19.4. The highest BCUT2D eigenvalue weighted by Gasteiger charge is 2.26. The molecule has 178 valence electrons. The third-order valence-corrected chi connectivity index (χ3v) is 5.81. The number of carbonyl (C=O) groups excluding carboxylic acids is 1. The highest BCUT2D eigenvalue weighted by molar-refractivity contribution is 5.97. The molecule has 3 aromatic heterocycles. The first kappa shape index (κ1) is 22.3. The van der Waals surface area contributed by atoms with Gasteiger partial charge in [0.25, 0.3) is 5.91 Å². The van der Waals surface area contributed by atoms with E-state index in [9.17, 15) is 9.59 Å². The Labute approximate surface area is 201 Å². The van der Waals surface area contributed by atoms with Gasteiger partial charge in [0.1, 0.15) is 28.8 Å². The Balaban J connectivity index is 1.30. The third-order valence-electron chi connectivity index (χ3n) is 5.81. The molecular weight excluding hydrogens is 448 g/mol. The number of hydrogen-bond donors (Lipinski definition) is 1. The van der Waals surface area contributed by atoms with Gasteiger partial charge in [0, 0.05) is 43.8 Å². The topological polar surface area (TPSA) is 114 Å². The van der Waals surface area contributed by atoms with Crippen LogP contribution in [0.25, 0.3) is 11.0 Å². The molecule has 0 bridgehead atoms. The average Bonchev–Trinajstić information content (AvgIpc) is 2.88. The van der Waals surface area contributed by atoms with Gasteiger partial charge >= 0.3 is 5.63 Å². The zero-order valence-electron chi connectivity index (χ0n) is 19.4. The number of ether oxygens (including phenoxy) is 1. The van der Waals surface area contributed by atoms with Crippen LogP contribution in [0.3, 0.4) is 0 Å². The van der Waals surface area contributed by atoms with Crippen molar-refractivity contribution >= 4 is 34.3 Å². The van der Waals surface area contributed by atoms with E-state index in [-0.39, 0.29) is 11.5 Å². The van der Waals surface area contributed by atoms with Crippen molar-refractivity contribution in [3.05, 3.63) is 76.5 Å². The fourth-order valence-corrected chi connectivity index (χ4v) is 4.08. The molecule has 1 amide bonds. The van der Waals surface area contributed by atoms with Gasteiger partial charge in [0.2, 0.25) is 0 Å². The molecule has 1 fully saturated rings. The number of aryl methyl sites for hydroxylation is 1. The molecule has 1 aromatic carbocycles.